The van der Waals surface area contributed by atoms with E-state index < -0.39 is 0 Å². The van der Waals surface area contributed by atoms with Gasteiger partial charge in [-0.3, -0.25) is 0 Å². The normalized spacial score (nSPS) is 8.70. The van der Waals surface area contributed by atoms with Gasteiger partial charge in [-0.05, 0) is 34.8 Å². The summed E-state index contributed by atoms with van der Waals surface area (Å²) in [7, 11) is 0. The second-order valence-corrected chi connectivity index (χ2v) is 2.16. The molecule has 3 nitrogen and oxygen atoms in total. The Hall–Kier alpha value is 0.880. The fourth-order valence-electron chi connectivity index (χ4n) is 0.303. The van der Waals surface area contributed by atoms with E-state index in [1.54, 1.807) is 0 Å². The summed E-state index contributed by atoms with van der Waals surface area (Å²) in [4.78, 5) is 10.4. The van der Waals surface area contributed by atoms with Crippen LogP contribution >= 0.6 is 34.8 Å². The third-order valence-electron chi connectivity index (χ3n) is 0.554. The Kier molecular flexibility index (Phi) is 5.11. The minimum atomic E-state index is 0. The van der Waals surface area contributed by atoms with Crippen LogP contribution in [0.3, 0.4) is 0 Å². The van der Waals surface area contributed by atoms with Gasteiger partial charge in [0.1, 0.15) is 0 Å². The molecule has 0 aromatic carbocycles. The topological polar surface area (TPSA) is 38.7 Å². The molecule has 0 aliphatic carbocycles. The summed E-state index contributed by atoms with van der Waals surface area (Å²) in [6.45, 7) is 0. The molecule has 0 saturated carbocycles. The molecule has 1 aromatic heterocycles. The van der Waals surface area contributed by atoms with Crippen molar-refractivity contribution in [1.82, 2.24) is 15.0 Å². The van der Waals surface area contributed by atoms with Gasteiger partial charge in [0.2, 0.25) is 15.9 Å². The molecular formula is C3HCl3N3Na. The monoisotopic (exact) mass is 207 g/mol. The van der Waals surface area contributed by atoms with Gasteiger partial charge >= 0.3 is 29.6 Å². The molecule has 0 radical (unpaired) electrons. The Labute approximate surface area is 94.4 Å². The number of hydrogen-bond donors (Lipinski definition) is 0. The standard InChI is InChI=1S/C3Cl3N3.Na.H/c4-1-7-2(5)9-3(6)8-1;;. The Balaban J connectivity index is 0.000000810. The van der Waals surface area contributed by atoms with Gasteiger partial charge in [0, 0.05) is 0 Å². The molecule has 0 fully saturated rings. The molecule has 10 heavy (non-hydrogen) atoms. The van der Waals surface area contributed by atoms with E-state index >= 15 is 0 Å². The predicted molar refractivity (Wildman–Crippen MR) is 42.0 cm³/mol. The molecule has 50 valence electrons. The Morgan fingerprint density at radius 2 is 0.900 bits per heavy atom. The van der Waals surface area contributed by atoms with Crippen LogP contribution in [-0.4, -0.2) is 44.5 Å². The molecule has 0 N–H and O–H groups in total. The maximum atomic E-state index is 5.32. The first-order valence-electron chi connectivity index (χ1n) is 1.91. The third-order valence-corrected chi connectivity index (χ3v) is 1.06. The summed E-state index contributed by atoms with van der Waals surface area (Å²) in [6.07, 6.45) is 0. The van der Waals surface area contributed by atoms with Crippen LogP contribution in [0.1, 0.15) is 0 Å². The molecule has 7 heteroatoms. The predicted octanol–water partition coefficient (Wildman–Crippen LogP) is 1.18. The maximum absolute atomic E-state index is 5.32. The third kappa shape index (κ3) is 3.32. The molecule has 0 bridgehead atoms. The van der Waals surface area contributed by atoms with Gasteiger partial charge in [-0.15, -0.1) is 0 Å². The van der Waals surface area contributed by atoms with E-state index in [0.29, 0.717) is 0 Å². The van der Waals surface area contributed by atoms with E-state index in [4.69, 9.17) is 34.8 Å². The molecule has 0 unspecified atom stereocenters. The summed E-state index contributed by atoms with van der Waals surface area (Å²) in [5, 5.41) is 0.00000000000000178. The van der Waals surface area contributed by atoms with Gasteiger partial charge in [-0.1, -0.05) is 0 Å². The SMILES string of the molecule is Clc1nc(Cl)nc(Cl)n1.[NaH]. The van der Waals surface area contributed by atoms with E-state index in [9.17, 15) is 0 Å². The van der Waals surface area contributed by atoms with E-state index in [1.807, 2.05) is 0 Å². The van der Waals surface area contributed by atoms with Gasteiger partial charge in [-0.2, -0.15) is 15.0 Å². The van der Waals surface area contributed by atoms with Crippen molar-refractivity contribution in [2.75, 3.05) is 0 Å². The van der Waals surface area contributed by atoms with Crippen molar-refractivity contribution in [3.8, 4) is 0 Å². The summed E-state index contributed by atoms with van der Waals surface area (Å²) in [5.74, 6) is 0. The van der Waals surface area contributed by atoms with Crippen molar-refractivity contribution >= 4 is 64.4 Å². The number of hydrogen-bond acceptors (Lipinski definition) is 3. The van der Waals surface area contributed by atoms with Crippen molar-refractivity contribution in [3.05, 3.63) is 15.9 Å². The number of nitrogens with zero attached hydrogens (tertiary/aromatic N) is 3. The van der Waals surface area contributed by atoms with Crippen molar-refractivity contribution < 1.29 is 0 Å². The minimum absolute atomic E-state index is 0. The zero-order valence-corrected chi connectivity index (χ0v) is 6.24. The molecular weight excluding hydrogens is 207 g/mol. The number of aromatic nitrogens is 3. The van der Waals surface area contributed by atoms with E-state index in [-0.39, 0.29) is 45.4 Å². The van der Waals surface area contributed by atoms with Crippen molar-refractivity contribution in [2.24, 2.45) is 0 Å². The molecule has 1 heterocycles. The fourth-order valence-corrected chi connectivity index (χ4v) is 0.913. The second-order valence-electron chi connectivity index (χ2n) is 1.14. The molecule has 1 rings (SSSR count). The fraction of sp³-hybridized carbons (Fsp3) is 0. The van der Waals surface area contributed by atoms with E-state index in [1.165, 1.54) is 0 Å². The Morgan fingerprint density at radius 1 is 0.700 bits per heavy atom. The molecule has 0 aliphatic rings. The molecule has 1 aromatic rings. The molecule has 0 saturated heterocycles. The Morgan fingerprint density at radius 3 is 1.10 bits per heavy atom. The zero-order valence-electron chi connectivity index (χ0n) is 3.98. The average molecular weight is 208 g/mol. The van der Waals surface area contributed by atoms with E-state index in [0.717, 1.165) is 0 Å². The molecule has 0 aliphatic heterocycles. The molecule has 0 atom stereocenters. The summed E-state index contributed by atoms with van der Waals surface area (Å²) < 4.78 is 0. The summed E-state index contributed by atoms with van der Waals surface area (Å²) >= 11 is 16.0. The van der Waals surface area contributed by atoms with Crippen molar-refractivity contribution in [3.63, 3.8) is 0 Å². The van der Waals surface area contributed by atoms with Crippen LogP contribution in [0.25, 0.3) is 0 Å². The van der Waals surface area contributed by atoms with Crippen LogP contribution in [0, 0.1) is 0 Å². The van der Waals surface area contributed by atoms with Gasteiger partial charge in [0.15, 0.2) is 0 Å². The van der Waals surface area contributed by atoms with Gasteiger partial charge in [-0.25, -0.2) is 0 Å². The molecule has 0 spiro atoms. The van der Waals surface area contributed by atoms with Crippen LogP contribution in [0.2, 0.25) is 15.9 Å². The Bertz CT molecular complexity index is 180. The summed E-state index contributed by atoms with van der Waals surface area (Å²) in [5.41, 5.74) is 0. The summed E-state index contributed by atoms with van der Waals surface area (Å²) in [6, 6.07) is 0. The van der Waals surface area contributed by atoms with Crippen molar-refractivity contribution in [1.29, 1.82) is 0 Å². The molecule has 0 amide bonds. The van der Waals surface area contributed by atoms with Gasteiger partial charge in [0.25, 0.3) is 0 Å². The van der Waals surface area contributed by atoms with Crippen LogP contribution in [0.5, 0.6) is 0 Å². The van der Waals surface area contributed by atoms with Crippen LogP contribution < -0.4 is 0 Å². The zero-order chi connectivity index (χ0) is 6.85. The first kappa shape index (κ1) is 10.9. The van der Waals surface area contributed by atoms with Gasteiger partial charge < -0.3 is 0 Å². The quantitative estimate of drug-likeness (QED) is 0.601. The number of rotatable bonds is 0. The van der Waals surface area contributed by atoms with Gasteiger partial charge in [0.05, 0.1) is 0 Å². The number of halogens is 3. The first-order chi connectivity index (χ1) is 4.18. The van der Waals surface area contributed by atoms with Crippen molar-refractivity contribution in [2.45, 2.75) is 0 Å². The second kappa shape index (κ2) is 4.70. The average Bonchev–Trinajstić information content (AvgIpc) is 1.59. The van der Waals surface area contributed by atoms with E-state index in [2.05, 4.69) is 15.0 Å². The first-order valence-corrected chi connectivity index (χ1v) is 3.04. The van der Waals surface area contributed by atoms with Crippen LogP contribution in [0.4, 0.5) is 0 Å². The van der Waals surface area contributed by atoms with Crippen LogP contribution in [0.15, 0.2) is 0 Å². The van der Waals surface area contributed by atoms with Crippen LogP contribution in [-0.2, 0) is 0 Å².